The smallest absolute Gasteiger partial charge is 0.308 e. The summed E-state index contributed by atoms with van der Waals surface area (Å²) in [5.74, 6) is -0.576. The predicted octanol–water partition coefficient (Wildman–Crippen LogP) is -0.200. The normalized spacial score (nSPS) is 11.9. The monoisotopic (exact) mass is 245 g/mol. The highest BCUT2D eigenvalue weighted by Gasteiger charge is 2.14. The molecule has 1 radical (unpaired) electrons. The lowest BCUT2D eigenvalue weighted by atomic mass is 10.2. The van der Waals surface area contributed by atoms with Gasteiger partial charge in [-0.15, -0.1) is 0 Å². The number of allylic oxidation sites excluding steroid dienone is 1. The third kappa shape index (κ3) is 2.63. The van der Waals surface area contributed by atoms with Gasteiger partial charge in [0.1, 0.15) is 0 Å². The number of hydrogen-bond donors (Lipinski definition) is 0. The molecule has 0 bridgehead atoms. The predicted molar refractivity (Wildman–Crippen MR) is 63.2 cm³/mol. The first-order valence-corrected chi connectivity index (χ1v) is 5.32. The van der Waals surface area contributed by atoms with Gasteiger partial charge in [0.05, 0.1) is 16.3 Å². The van der Waals surface area contributed by atoms with Crippen molar-refractivity contribution in [1.82, 2.24) is 4.99 Å². The lowest BCUT2D eigenvalue weighted by Gasteiger charge is -2.07. The van der Waals surface area contributed by atoms with Gasteiger partial charge in [-0.05, 0) is 12.1 Å². The van der Waals surface area contributed by atoms with Crippen LogP contribution < -0.4 is 25.0 Å². The summed E-state index contributed by atoms with van der Waals surface area (Å²) in [5.41, 5.74) is 0. The average Bonchev–Trinajstić information content (AvgIpc) is 2.28. The number of carbonyl (C=O) groups is 2. The van der Waals surface area contributed by atoms with Crippen LogP contribution in [0.1, 0.15) is 13.8 Å². The van der Waals surface area contributed by atoms with E-state index in [-0.39, 0.29) is 11.5 Å². The van der Waals surface area contributed by atoms with Crippen molar-refractivity contribution in [2.45, 2.75) is 13.8 Å². The van der Waals surface area contributed by atoms with E-state index in [0.717, 1.165) is 5.22 Å². The Kier molecular flexibility index (Phi) is 3.23. The maximum absolute atomic E-state index is 11.0. The van der Waals surface area contributed by atoms with E-state index in [1.54, 1.807) is 24.4 Å². The van der Waals surface area contributed by atoms with E-state index in [1.807, 2.05) is 6.08 Å². The van der Waals surface area contributed by atoms with Gasteiger partial charge in [0, 0.05) is 19.9 Å². The van der Waals surface area contributed by atoms with Crippen molar-refractivity contribution >= 4 is 18.0 Å². The molecule has 0 saturated heterocycles. The molecule has 18 heavy (non-hydrogen) atoms. The summed E-state index contributed by atoms with van der Waals surface area (Å²) in [5, 5.41) is 1.45. The van der Waals surface area contributed by atoms with Gasteiger partial charge in [0.25, 0.3) is 5.36 Å². The molecule has 1 aromatic carbocycles. The van der Waals surface area contributed by atoms with Gasteiger partial charge >= 0.3 is 11.9 Å². The molecule has 5 heteroatoms. The van der Waals surface area contributed by atoms with Gasteiger partial charge in [-0.3, -0.25) is 9.59 Å². The van der Waals surface area contributed by atoms with Crippen LogP contribution in [-0.4, -0.2) is 11.9 Å². The number of ether oxygens (including phenoxy) is 2. The molecular formula is C13H11NO4+. The van der Waals surface area contributed by atoms with Gasteiger partial charge in [0.15, 0.2) is 11.5 Å². The molecular weight excluding hydrogens is 234 g/mol. The Labute approximate surface area is 103 Å². The lowest BCUT2D eigenvalue weighted by Crippen LogP contribution is -2.31. The standard InChI is InChI=1S/C13H11NO4/c1-8(15)17-12-6-10-4-3-5-14-11(10)7-13(12)18-9(2)16/h3-7H,1-2H3/q+1. The zero-order valence-corrected chi connectivity index (χ0v) is 9.97. The highest BCUT2D eigenvalue weighted by molar-refractivity contribution is 5.73. The number of benzene rings is 1. The first-order valence-electron chi connectivity index (χ1n) is 5.32. The van der Waals surface area contributed by atoms with Crippen molar-refractivity contribution in [3.63, 3.8) is 0 Å². The molecule has 2 rings (SSSR count). The minimum absolute atomic E-state index is 0.184. The summed E-state index contributed by atoms with van der Waals surface area (Å²) in [6.45, 7) is 2.56. The maximum atomic E-state index is 11.0. The minimum Gasteiger partial charge on any atom is -0.423 e. The molecule has 1 aromatic rings. The van der Waals surface area contributed by atoms with Crippen LogP contribution >= 0.6 is 0 Å². The van der Waals surface area contributed by atoms with Crippen molar-refractivity contribution in [2.24, 2.45) is 0 Å². The molecule has 5 nitrogen and oxygen atoms in total. The molecule has 0 unspecified atom stereocenters. The zero-order chi connectivity index (χ0) is 13.1. The molecule has 0 saturated carbocycles. The highest BCUT2D eigenvalue weighted by Crippen LogP contribution is 2.23. The fourth-order valence-corrected chi connectivity index (χ4v) is 1.55. The molecule has 0 N–H and O–H groups in total. The third-order valence-electron chi connectivity index (χ3n) is 2.18. The summed E-state index contributed by atoms with van der Waals surface area (Å²) in [4.78, 5) is 26.2. The average molecular weight is 245 g/mol. The Bertz CT molecular complexity index is 601. The third-order valence-corrected chi connectivity index (χ3v) is 2.18. The van der Waals surface area contributed by atoms with Crippen molar-refractivity contribution in [2.75, 3.05) is 0 Å². The number of rotatable bonds is 2. The van der Waals surface area contributed by atoms with Crippen LogP contribution in [-0.2, 0) is 9.59 Å². The summed E-state index contributed by atoms with van der Waals surface area (Å²) >= 11 is 0. The molecule has 0 aliphatic carbocycles. The van der Waals surface area contributed by atoms with E-state index in [9.17, 15) is 9.59 Å². The summed E-state index contributed by atoms with van der Waals surface area (Å²) in [6.07, 6.45) is 5.23. The van der Waals surface area contributed by atoms with Gasteiger partial charge in [-0.25, -0.2) is 0 Å². The molecule has 0 amide bonds. The van der Waals surface area contributed by atoms with E-state index in [1.165, 1.54) is 13.8 Å². The Morgan fingerprint density at radius 1 is 1.06 bits per heavy atom. The number of nitrogens with zero attached hydrogens (tertiary/aromatic N) is 1. The maximum Gasteiger partial charge on any atom is 0.308 e. The molecule has 1 aliphatic heterocycles. The largest absolute Gasteiger partial charge is 0.423 e. The summed E-state index contributed by atoms with van der Waals surface area (Å²) in [6, 6.07) is 3.18. The Morgan fingerprint density at radius 3 is 2.28 bits per heavy atom. The molecule has 0 fully saturated rings. The van der Waals surface area contributed by atoms with Crippen molar-refractivity contribution < 1.29 is 19.1 Å². The quantitative estimate of drug-likeness (QED) is 0.534. The van der Waals surface area contributed by atoms with E-state index in [2.05, 4.69) is 4.99 Å². The number of esters is 2. The van der Waals surface area contributed by atoms with Gasteiger partial charge < -0.3 is 9.47 Å². The fourth-order valence-electron chi connectivity index (χ4n) is 1.55. The number of hydrogen-bond acceptors (Lipinski definition) is 5. The molecule has 91 valence electrons. The molecule has 0 aromatic heterocycles. The van der Waals surface area contributed by atoms with Crippen LogP contribution in [0.15, 0.2) is 24.4 Å². The lowest BCUT2D eigenvalue weighted by molar-refractivity contribution is -0.134. The topological polar surface area (TPSA) is 66.7 Å². The summed E-state index contributed by atoms with van der Waals surface area (Å²) < 4.78 is 10.0. The number of fused-ring (bicyclic) bond motifs is 1. The van der Waals surface area contributed by atoms with Crippen molar-refractivity contribution in [1.29, 1.82) is 0 Å². The second kappa shape index (κ2) is 4.83. The second-order valence-electron chi connectivity index (χ2n) is 3.68. The van der Waals surface area contributed by atoms with Crippen molar-refractivity contribution in [3.05, 3.63) is 35.0 Å². The number of carbonyl (C=O) groups excluding carboxylic acids is 2. The van der Waals surface area contributed by atoms with Crippen LogP contribution in [0.4, 0.5) is 0 Å². The fraction of sp³-hybridized carbons (Fsp3) is 0.154. The zero-order valence-electron chi connectivity index (χ0n) is 9.97. The Hall–Kier alpha value is -2.43. The first kappa shape index (κ1) is 12.0. The van der Waals surface area contributed by atoms with Crippen LogP contribution in [0.25, 0.3) is 6.08 Å². The van der Waals surface area contributed by atoms with Crippen LogP contribution in [0.2, 0.25) is 0 Å². The van der Waals surface area contributed by atoms with Crippen LogP contribution in [0.3, 0.4) is 0 Å². The van der Waals surface area contributed by atoms with Crippen molar-refractivity contribution in [3.8, 4) is 11.5 Å². The van der Waals surface area contributed by atoms with Crippen LogP contribution in [0.5, 0.6) is 11.5 Å². The molecule has 0 atom stereocenters. The molecule has 0 spiro atoms. The Balaban J connectivity index is 2.56. The second-order valence-corrected chi connectivity index (χ2v) is 3.68. The summed E-state index contributed by atoms with van der Waals surface area (Å²) in [7, 11) is 0. The molecule has 1 aliphatic rings. The van der Waals surface area contributed by atoms with E-state index in [0.29, 0.717) is 5.36 Å². The van der Waals surface area contributed by atoms with E-state index >= 15 is 0 Å². The molecule has 1 heterocycles. The van der Waals surface area contributed by atoms with Gasteiger partial charge in [0.2, 0.25) is 6.20 Å². The van der Waals surface area contributed by atoms with Gasteiger partial charge in [-0.2, -0.15) is 0 Å². The van der Waals surface area contributed by atoms with Crippen LogP contribution in [0, 0.1) is 0 Å². The van der Waals surface area contributed by atoms with Gasteiger partial charge in [-0.1, -0.05) is 0 Å². The highest BCUT2D eigenvalue weighted by atomic mass is 16.6. The Morgan fingerprint density at radius 2 is 1.67 bits per heavy atom. The SMILES string of the molecule is CC(=O)Oc1cc2c(cc1OC(C)=O)=[N+]C=CC=2. The first-order chi connectivity index (χ1) is 8.56. The van der Waals surface area contributed by atoms with E-state index in [4.69, 9.17) is 9.47 Å². The van der Waals surface area contributed by atoms with E-state index < -0.39 is 11.9 Å². The minimum atomic E-state index is -0.487.